The fourth-order valence-electron chi connectivity index (χ4n) is 2.52. The molecule has 1 atom stereocenters. The van der Waals surface area contributed by atoms with Gasteiger partial charge < -0.3 is 16.0 Å². The molecule has 0 saturated carbocycles. The zero-order valence-electron chi connectivity index (χ0n) is 11.3. The molecule has 1 aliphatic rings. The van der Waals surface area contributed by atoms with E-state index < -0.39 is 0 Å². The van der Waals surface area contributed by atoms with E-state index in [1.807, 2.05) is 19.1 Å². The molecule has 19 heavy (non-hydrogen) atoms. The third-order valence-corrected chi connectivity index (χ3v) is 3.66. The summed E-state index contributed by atoms with van der Waals surface area (Å²) in [7, 11) is 0. The summed E-state index contributed by atoms with van der Waals surface area (Å²) in [5.74, 6) is 0.0341. The van der Waals surface area contributed by atoms with Gasteiger partial charge in [0.1, 0.15) is 4.99 Å². The van der Waals surface area contributed by atoms with Crippen LogP contribution in [0.2, 0.25) is 0 Å². The number of nitrogens with one attached hydrogen (secondary N) is 1. The highest BCUT2D eigenvalue weighted by Gasteiger charge is 2.23. The second kappa shape index (κ2) is 5.57. The lowest BCUT2D eigenvalue weighted by Gasteiger charge is -2.20. The lowest BCUT2D eigenvalue weighted by Crippen LogP contribution is -2.35. The quantitative estimate of drug-likeness (QED) is 0.819. The van der Waals surface area contributed by atoms with Crippen LogP contribution in [0.25, 0.3) is 0 Å². The Labute approximate surface area is 119 Å². The predicted octanol–water partition coefficient (Wildman–Crippen LogP) is 1.34. The van der Waals surface area contributed by atoms with Crippen molar-refractivity contribution in [3.8, 4) is 0 Å². The molecular weight excluding hydrogens is 258 g/mol. The van der Waals surface area contributed by atoms with E-state index in [-0.39, 0.29) is 11.9 Å². The SMILES string of the molecule is CC(=O)NC1CCN(c2ccc(C(N)=S)c(C)c2)C1. The van der Waals surface area contributed by atoms with Crippen LogP contribution in [0, 0.1) is 6.92 Å². The maximum Gasteiger partial charge on any atom is 0.217 e. The highest BCUT2D eigenvalue weighted by molar-refractivity contribution is 7.80. The van der Waals surface area contributed by atoms with Crippen LogP contribution in [0.4, 0.5) is 5.69 Å². The number of nitrogens with two attached hydrogens (primary N) is 1. The minimum atomic E-state index is 0.0341. The van der Waals surface area contributed by atoms with Gasteiger partial charge in [0.2, 0.25) is 5.91 Å². The summed E-state index contributed by atoms with van der Waals surface area (Å²) >= 11 is 5.01. The zero-order valence-corrected chi connectivity index (χ0v) is 12.1. The molecule has 1 amide bonds. The van der Waals surface area contributed by atoms with Gasteiger partial charge in [-0.05, 0) is 37.1 Å². The van der Waals surface area contributed by atoms with Crippen molar-refractivity contribution < 1.29 is 4.79 Å². The van der Waals surface area contributed by atoms with Gasteiger partial charge in [0, 0.05) is 37.3 Å². The molecule has 1 aromatic rings. The lowest BCUT2D eigenvalue weighted by molar-refractivity contribution is -0.119. The van der Waals surface area contributed by atoms with Gasteiger partial charge in [0.05, 0.1) is 0 Å². The first kappa shape index (κ1) is 13.8. The first-order valence-corrected chi connectivity index (χ1v) is 6.80. The van der Waals surface area contributed by atoms with E-state index in [1.54, 1.807) is 6.92 Å². The Kier molecular flexibility index (Phi) is 4.04. The van der Waals surface area contributed by atoms with Crippen molar-refractivity contribution in [2.75, 3.05) is 18.0 Å². The summed E-state index contributed by atoms with van der Waals surface area (Å²) in [6.07, 6.45) is 0.982. The molecule has 0 radical (unpaired) electrons. The Morgan fingerprint density at radius 3 is 2.84 bits per heavy atom. The number of aryl methyl sites for hydroxylation is 1. The van der Waals surface area contributed by atoms with Crippen molar-refractivity contribution in [2.45, 2.75) is 26.3 Å². The molecule has 1 fully saturated rings. The van der Waals surface area contributed by atoms with Crippen LogP contribution >= 0.6 is 12.2 Å². The number of rotatable bonds is 3. The summed E-state index contributed by atoms with van der Waals surface area (Å²) in [5.41, 5.74) is 8.84. The molecule has 1 saturated heterocycles. The topological polar surface area (TPSA) is 58.4 Å². The number of nitrogens with zero attached hydrogens (tertiary/aromatic N) is 1. The molecule has 3 N–H and O–H groups in total. The van der Waals surface area contributed by atoms with Crippen LogP contribution in [0.3, 0.4) is 0 Å². The summed E-state index contributed by atoms with van der Waals surface area (Å²) < 4.78 is 0. The monoisotopic (exact) mass is 277 g/mol. The summed E-state index contributed by atoms with van der Waals surface area (Å²) in [6, 6.07) is 6.36. The Balaban J connectivity index is 2.09. The van der Waals surface area contributed by atoms with Crippen molar-refractivity contribution in [1.29, 1.82) is 0 Å². The van der Waals surface area contributed by atoms with Gasteiger partial charge in [-0.2, -0.15) is 0 Å². The summed E-state index contributed by atoms with van der Waals surface area (Å²) in [6.45, 7) is 5.38. The van der Waals surface area contributed by atoms with Gasteiger partial charge in [0.25, 0.3) is 0 Å². The molecule has 1 aliphatic heterocycles. The van der Waals surface area contributed by atoms with E-state index in [2.05, 4.69) is 16.3 Å². The molecule has 1 heterocycles. The van der Waals surface area contributed by atoms with Crippen molar-refractivity contribution in [3.63, 3.8) is 0 Å². The number of amides is 1. The number of thiocarbonyl (C=S) groups is 1. The first-order chi connectivity index (χ1) is 8.97. The fraction of sp³-hybridized carbons (Fsp3) is 0.429. The largest absolute Gasteiger partial charge is 0.389 e. The number of hydrogen-bond donors (Lipinski definition) is 2. The van der Waals surface area contributed by atoms with Crippen LogP contribution in [-0.2, 0) is 4.79 Å². The van der Waals surface area contributed by atoms with E-state index in [0.29, 0.717) is 4.99 Å². The maximum absolute atomic E-state index is 11.1. The molecule has 0 aliphatic carbocycles. The highest BCUT2D eigenvalue weighted by Crippen LogP contribution is 2.23. The van der Waals surface area contributed by atoms with Gasteiger partial charge in [-0.3, -0.25) is 4.79 Å². The smallest absolute Gasteiger partial charge is 0.217 e. The average molecular weight is 277 g/mol. The molecule has 4 nitrogen and oxygen atoms in total. The van der Waals surface area contributed by atoms with Gasteiger partial charge in [-0.15, -0.1) is 0 Å². The minimum Gasteiger partial charge on any atom is -0.389 e. The van der Waals surface area contributed by atoms with Crippen molar-refractivity contribution in [1.82, 2.24) is 5.32 Å². The van der Waals surface area contributed by atoms with Crippen molar-refractivity contribution in [2.24, 2.45) is 5.73 Å². The second-order valence-electron chi connectivity index (χ2n) is 5.00. The Morgan fingerprint density at radius 2 is 2.26 bits per heavy atom. The highest BCUT2D eigenvalue weighted by atomic mass is 32.1. The van der Waals surface area contributed by atoms with Gasteiger partial charge >= 0.3 is 0 Å². The Hall–Kier alpha value is -1.62. The van der Waals surface area contributed by atoms with Crippen LogP contribution in [0.1, 0.15) is 24.5 Å². The van der Waals surface area contributed by atoms with E-state index >= 15 is 0 Å². The molecule has 0 bridgehead atoms. The van der Waals surface area contributed by atoms with E-state index in [9.17, 15) is 4.79 Å². The number of carbonyl (C=O) groups is 1. The van der Waals surface area contributed by atoms with E-state index in [1.165, 1.54) is 0 Å². The minimum absolute atomic E-state index is 0.0341. The van der Waals surface area contributed by atoms with Gasteiger partial charge in [0.15, 0.2) is 0 Å². The maximum atomic E-state index is 11.1. The molecular formula is C14H19N3OS. The number of anilines is 1. The summed E-state index contributed by atoms with van der Waals surface area (Å²) in [5, 5.41) is 2.96. The standard InChI is InChI=1S/C14H19N3OS/c1-9-7-12(3-4-13(9)14(15)19)17-6-5-11(8-17)16-10(2)18/h3-4,7,11H,5-6,8H2,1-2H3,(H2,15,19)(H,16,18). The van der Waals surface area contributed by atoms with Gasteiger partial charge in [-0.1, -0.05) is 12.2 Å². The van der Waals surface area contributed by atoms with Crippen molar-refractivity contribution >= 4 is 28.8 Å². The molecule has 2 rings (SSSR count). The van der Waals surface area contributed by atoms with E-state index in [0.717, 1.165) is 36.3 Å². The fourth-order valence-corrected chi connectivity index (χ4v) is 2.75. The third-order valence-electron chi connectivity index (χ3n) is 3.44. The van der Waals surface area contributed by atoms with Gasteiger partial charge in [-0.25, -0.2) is 0 Å². The van der Waals surface area contributed by atoms with Crippen LogP contribution < -0.4 is 16.0 Å². The number of benzene rings is 1. The zero-order chi connectivity index (χ0) is 14.0. The van der Waals surface area contributed by atoms with Crippen LogP contribution in [0.5, 0.6) is 0 Å². The lowest BCUT2D eigenvalue weighted by atomic mass is 10.1. The third kappa shape index (κ3) is 3.23. The summed E-state index contributed by atoms with van der Waals surface area (Å²) in [4.78, 5) is 13.8. The van der Waals surface area contributed by atoms with Crippen LogP contribution in [-0.4, -0.2) is 30.0 Å². The number of carbonyl (C=O) groups excluding carboxylic acids is 1. The molecule has 0 aromatic heterocycles. The van der Waals surface area contributed by atoms with Crippen molar-refractivity contribution in [3.05, 3.63) is 29.3 Å². The van der Waals surface area contributed by atoms with Crippen LogP contribution in [0.15, 0.2) is 18.2 Å². The number of hydrogen-bond acceptors (Lipinski definition) is 3. The molecule has 5 heteroatoms. The molecule has 1 unspecified atom stereocenters. The Morgan fingerprint density at radius 1 is 1.53 bits per heavy atom. The van der Waals surface area contributed by atoms with E-state index in [4.69, 9.17) is 18.0 Å². The second-order valence-corrected chi connectivity index (χ2v) is 5.44. The average Bonchev–Trinajstić information content (AvgIpc) is 2.75. The molecule has 102 valence electrons. The molecule has 0 spiro atoms. The first-order valence-electron chi connectivity index (χ1n) is 6.40. The Bertz CT molecular complexity index is 515. The molecule has 1 aromatic carbocycles. The normalized spacial score (nSPS) is 18.4. The predicted molar refractivity (Wildman–Crippen MR) is 81.5 cm³/mol.